The number of benzene rings is 1. The molecule has 0 fully saturated rings. The number of fused-ring (bicyclic) bond motifs is 2. The Labute approximate surface area is 136 Å². The van der Waals surface area contributed by atoms with Crippen molar-refractivity contribution in [2.24, 2.45) is 10.9 Å². The molecule has 1 aromatic heterocycles. The van der Waals surface area contributed by atoms with Crippen LogP contribution in [0.25, 0.3) is 29.4 Å². The molecule has 122 valence electrons. The summed E-state index contributed by atoms with van der Waals surface area (Å²) in [4.78, 5) is 11.8. The van der Waals surface area contributed by atoms with Crippen LogP contribution in [-0.4, -0.2) is 20.9 Å². The number of rotatable bonds is 3. The Morgan fingerprint density at radius 1 is 1.25 bits per heavy atom. The van der Waals surface area contributed by atoms with Gasteiger partial charge in [-0.15, -0.1) is 0 Å². The number of hydrogen-bond donors (Lipinski definition) is 2. The van der Waals surface area contributed by atoms with Crippen molar-refractivity contribution in [2.45, 2.75) is 5.09 Å². The van der Waals surface area contributed by atoms with Crippen LogP contribution >= 0.6 is 0 Å². The van der Waals surface area contributed by atoms with Crippen molar-refractivity contribution in [2.75, 3.05) is 6.61 Å². The maximum absolute atomic E-state index is 11.9. The molecule has 0 atom stereocenters. The van der Waals surface area contributed by atoms with Crippen LogP contribution < -0.4 is 26.0 Å². The predicted octanol–water partition coefficient (Wildman–Crippen LogP) is -0.327. The fourth-order valence-corrected chi connectivity index (χ4v) is 3.73. The zero-order valence-corrected chi connectivity index (χ0v) is 13.1. The third-order valence-corrected chi connectivity index (χ3v) is 4.82. The van der Waals surface area contributed by atoms with E-state index < -0.39 is 21.0 Å². The molecule has 0 radical (unpaired) electrons. The summed E-state index contributed by atoms with van der Waals surface area (Å²) in [5.74, 6) is -0.208. The molecule has 7 nitrogen and oxygen atoms in total. The average molecular weight is 344 g/mol. The van der Waals surface area contributed by atoms with E-state index in [1.165, 1.54) is 0 Å². The quantitative estimate of drug-likeness (QED) is 0.789. The molecule has 0 bridgehead atoms. The van der Waals surface area contributed by atoms with Crippen molar-refractivity contribution < 1.29 is 22.4 Å². The van der Waals surface area contributed by atoms with Crippen LogP contribution in [0.15, 0.2) is 27.9 Å². The van der Waals surface area contributed by atoms with E-state index in [-0.39, 0.29) is 11.1 Å². The Hall–Kier alpha value is -2.84. The van der Waals surface area contributed by atoms with Crippen molar-refractivity contribution in [3.05, 3.63) is 40.0 Å². The van der Waals surface area contributed by atoms with E-state index in [0.29, 0.717) is 23.1 Å². The summed E-state index contributed by atoms with van der Waals surface area (Å²) in [6.07, 6.45) is 8.33. The number of furan rings is 1. The Bertz CT molecular complexity index is 1160. The molecule has 4 rings (SSSR count). The third-order valence-electron chi connectivity index (χ3n) is 4.00. The van der Waals surface area contributed by atoms with E-state index in [4.69, 9.17) is 20.0 Å². The normalized spacial score (nSPS) is 14.5. The summed E-state index contributed by atoms with van der Waals surface area (Å²) in [5.41, 5.74) is 6.68. The topological polar surface area (TPSA) is 126 Å². The summed E-state index contributed by atoms with van der Waals surface area (Å²) >= 11 is 0. The predicted molar refractivity (Wildman–Crippen MR) is 86.7 cm³/mol. The summed E-state index contributed by atoms with van der Waals surface area (Å²) in [7, 11) is -4.19. The molecule has 1 aliphatic heterocycles. The molecular weight excluding hydrogens is 332 g/mol. The maximum Gasteiger partial charge on any atom is 0.272 e. The van der Waals surface area contributed by atoms with Gasteiger partial charge in [0.05, 0.1) is 11.1 Å². The van der Waals surface area contributed by atoms with Gasteiger partial charge < -0.3 is 14.9 Å². The molecule has 1 amide bonds. The van der Waals surface area contributed by atoms with Gasteiger partial charge in [-0.2, -0.15) is 0 Å². The minimum atomic E-state index is -4.19. The lowest BCUT2D eigenvalue weighted by Gasteiger charge is -2.10. The molecule has 0 saturated heterocycles. The molecule has 2 aromatic rings. The van der Waals surface area contributed by atoms with Gasteiger partial charge in [0.25, 0.3) is 15.9 Å². The minimum Gasteiger partial charge on any atom is -0.489 e. The molecule has 0 saturated carbocycles. The van der Waals surface area contributed by atoms with Gasteiger partial charge in [0.15, 0.2) is 0 Å². The number of hydrogen-bond acceptors (Lipinski definition) is 5. The highest BCUT2D eigenvalue weighted by molar-refractivity contribution is 7.89. The van der Waals surface area contributed by atoms with Crippen LogP contribution in [0.4, 0.5) is 0 Å². The number of amides is 1. The van der Waals surface area contributed by atoms with Crippen molar-refractivity contribution in [3.8, 4) is 16.9 Å². The third kappa shape index (κ3) is 2.00. The highest BCUT2D eigenvalue weighted by Gasteiger charge is 2.30. The zero-order chi connectivity index (χ0) is 17.1. The van der Waals surface area contributed by atoms with Crippen LogP contribution in [0.2, 0.25) is 0 Å². The van der Waals surface area contributed by atoms with Gasteiger partial charge in [-0.05, 0) is 22.9 Å². The number of carbonyl (C=O) groups excluding carboxylic acids is 1. The molecule has 2 heterocycles. The van der Waals surface area contributed by atoms with Crippen LogP contribution in [-0.2, 0) is 10.0 Å². The van der Waals surface area contributed by atoms with Crippen molar-refractivity contribution >= 4 is 34.2 Å². The number of allylic oxidation sites excluding steroid dienone is 1. The number of carbonyl (C=O) groups is 1. The Morgan fingerprint density at radius 3 is 2.75 bits per heavy atom. The smallest absolute Gasteiger partial charge is 0.272 e. The molecule has 1 aliphatic carbocycles. The lowest BCUT2D eigenvalue weighted by molar-refractivity contribution is 0.1000. The highest BCUT2D eigenvalue weighted by Crippen LogP contribution is 2.34. The van der Waals surface area contributed by atoms with Gasteiger partial charge in [0, 0.05) is 10.8 Å². The Kier molecular flexibility index (Phi) is 2.96. The molecule has 24 heavy (non-hydrogen) atoms. The van der Waals surface area contributed by atoms with E-state index in [2.05, 4.69) is 0 Å². The molecule has 4 N–H and O–H groups in total. The Balaban J connectivity index is 2.21. The van der Waals surface area contributed by atoms with Gasteiger partial charge >= 0.3 is 0 Å². The second-order valence-corrected chi connectivity index (χ2v) is 6.89. The van der Waals surface area contributed by atoms with Gasteiger partial charge in [-0.25, -0.2) is 13.6 Å². The first-order valence-electron chi connectivity index (χ1n) is 7.01. The molecule has 8 heteroatoms. The summed E-state index contributed by atoms with van der Waals surface area (Å²) < 4.78 is 34.5. The standard InChI is InChI=1S/C16H12N2O5S/c17-15(19)11-7-23-16(24(18,20)21)14(11)13-9-3-1-2-8(9)6-12-10(13)4-5-22-12/h1-4,6-7H,5H2,(H2,17,19)(H2,18,20,21). The van der Waals surface area contributed by atoms with Crippen LogP contribution in [0.1, 0.15) is 15.9 Å². The van der Waals surface area contributed by atoms with Gasteiger partial charge in [0.1, 0.15) is 18.6 Å². The second kappa shape index (κ2) is 4.83. The molecule has 1 aromatic carbocycles. The van der Waals surface area contributed by atoms with Crippen LogP contribution in [0, 0.1) is 0 Å². The van der Waals surface area contributed by atoms with Crippen molar-refractivity contribution in [1.29, 1.82) is 0 Å². The molecule has 0 spiro atoms. The fraction of sp³-hybridized carbons (Fsp3) is 0.0625. The number of ether oxygens (including phenoxy) is 1. The van der Waals surface area contributed by atoms with E-state index in [1.54, 1.807) is 0 Å². The first-order chi connectivity index (χ1) is 11.4. The number of nitrogens with two attached hydrogens (primary N) is 2. The van der Waals surface area contributed by atoms with Gasteiger partial charge in [0.2, 0.25) is 5.09 Å². The zero-order valence-electron chi connectivity index (χ0n) is 12.3. The maximum atomic E-state index is 11.9. The molecule has 0 unspecified atom stereocenters. The van der Waals surface area contributed by atoms with E-state index in [9.17, 15) is 13.2 Å². The van der Waals surface area contributed by atoms with Crippen LogP contribution in [0.5, 0.6) is 5.75 Å². The molecular formula is C16H12N2O5S. The van der Waals surface area contributed by atoms with Gasteiger partial charge in [-0.1, -0.05) is 18.2 Å². The minimum absolute atomic E-state index is 0.0461. The lowest BCUT2D eigenvalue weighted by atomic mass is 9.95. The lowest BCUT2D eigenvalue weighted by Crippen LogP contribution is -2.20. The summed E-state index contributed by atoms with van der Waals surface area (Å²) in [6, 6.07) is 1.86. The second-order valence-electron chi connectivity index (χ2n) is 5.43. The monoisotopic (exact) mass is 344 g/mol. The first kappa shape index (κ1) is 14.7. The largest absolute Gasteiger partial charge is 0.489 e. The Morgan fingerprint density at radius 2 is 2.04 bits per heavy atom. The van der Waals surface area contributed by atoms with Crippen LogP contribution in [0.3, 0.4) is 0 Å². The number of primary amides is 1. The fourth-order valence-electron chi connectivity index (χ4n) is 3.05. The van der Waals surface area contributed by atoms with Gasteiger partial charge in [-0.3, -0.25) is 4.79 Å². The van der Waals surface area contributed by atoms with E-state index in [1.807, 2.05) is 30.4 Å². The van der Waals surface area contributed by atoms with Crippen molar-refractivity contribution in [3.63, 3.8) is 0 Å². The van der Waals surface area contributed by atoms with E-state index in [0.717, 1.165) is 17.0 Å². The first-order valence-corrected chi connectivity index (χ1v) is 8.55. The highest BCUT2D eigenvalue weighted by atomic mass is 32.2. The SMILES string of the molecule is NC(=O)c1coc(S(N)(=O)=O)c1-c1c2c(cc3c1=CCO3)=CC=C2. The molecule has 2 aliphatic rings. The summed E-state index contributed by atoms with van der Waals surface area (Å²) in [6.45, 7) is 0.351. The number of primary sulfonamides is 1. The number of sulfonamides is 1. The van der Waals surface area contributed by atoms with E-state index >= 15 is 0 Å². The van der Waals surface area contributed by atoms with Crippen molar-refractivity contribution in [1.82, 2.24) is 0 Å². The average Bonchev–Trinajstić information content (AvgIpc) is 3.21. The summed E-state index contributed by atoms with van der Waals surface area (Å²) in [5, 5.41) is 6.29.